The molecule has 2 aromatic carbocycles. The fourth-order valence-corrected chi connectivity index (χ4v) is 7.51. The first-order valence-electron chi connectivity index (χ1n) is 11.7. The lowest BCUT2D eigenvalue weighted by Gasteiger charge is -2.58. The van der Waals surface area contributed by atoms with Crippen LogP contribution in [0, 0.1) is 35.2 Å². The molecule has 3 N–H and O–H groups in total. The van der Waals surface area contributed by atoms with Crippen LogP contribution in [0.4, 0.5) is 18.9 Å². The molecule has 3 aliphatic carbocycles. The van der Waals surface area contributed by atoms with Crippen molar-refractivity contribution in [1.82, 2.24) is 5.32 Å². The van der Waals surface area contributed by atoms with Crippen LogP contribution in [0.5, 0.6) is 0 Å². The molecule has 3 fully saturated rings. The number of aliphatic hydroxyl groups is 1. The number of fused-ring (bicyclic) bond motifs is 2. The third kappa shape index (κ3) is 5.08. The molecular weight excluding hydrogens is 533 g/mol. The molecule has 2 atom stereocenters. The fourth-order valence-electron chi connectivity index (χ4n) is 5.10. The number of carbonyl (C=O) groups excluding carboxylic acids is 2. The number of anilines is 1. The second kappa shape index (κ2) is 9.92. The van der Waals surface area contributed by atoms with E-state index in [0.717, 1.165) is 6.07 Å². The average molecular weight is 559 g/mol. The number of amides is 2. The molecule has 3 saturated carbocycles. The van der Waals surface area contributed by atoms with Gasteiger partial charge in [-0.25, -0.2) is 21.6 Å². The van der Waals surface area contributed by atoms with Gasteiger partial charge < -0.3 is 15.7 Å². The number of carbonyl (C=O) groups is 2. The van der Waals surface area contributed by atoms with Crippen LogP contribution in [0.25, 0.3) is 0 Å². The number of nitrogens with one attached hydrogen (secondary N) is 2. The minimum absolute atomic E-state index is 0.0487. The maximum absolute atomic E-state index is 13.5. The van der Waals surface area contributed by atoms with E-state index in [0.29, 0.717) is 18.6 Å². The van der Waals surface area contributed by atoms with Gasteiger partial charge in [-0.1, -0.05) is 25.4 Å². The van der Waals surface area contributed by atoms with Crippen molar-refractivity contribution in [2.75, 3.05) is 11.9 Å². The molecule has 5 rings (SSSR count). The summed E-state index contributed by atoms with van der Waals surface area (Å²) in [6, 6.07) is 4.77. The number of hydrogen-bond donors (Lipinski definition) is 3. The normalized spacial score (nSPS) is 24.9. The second-order valence-corrected chi connectivity index (χ2v) is 12.6. The van der Waals surface area contributed by atoms with E-state index >= 15 is 0 Å². The first-order chi connectivity index (χ1) is 17.2. The first-order valence-corrected chi connectivity index (χ1v) is 13.7. The Morgan fingerprint density at radius 3 is 2.24 bits per heavy atom. The molecule has 2 aromatic rings. The molecule has 12 heteroatoms. The van der Waals surface area contributed by atoms with Crippen molar-refractivity contribution < 1.29 is 36.3 Å². The number of rotatable bonds is 7. The molecule has 0 radical (unpaired) electrons. The summed E-state index contributed by atoms with van der Waals surface area (Å²) in [6.45, 7) is 3.52. The van der Waals surface area contributed by atoms with Gasteiger partial charge in [0.25, 0.3) is 5.91 Å². The molecule has 0 heterocycles. The molecule has 3 aliphatic rings. The quantitative estimate of drug-likeness (QED) is 0.443. The van der Waals surface area contributed by atoms with Gasteiger partial charge in [0.1, 0.15) is 0 Å². The van der Waals surface area contributed by atoms with Crippen LogP contribution in [-0.2, 0) is 14.6 Å². The Labute approximate surface area is 217 Å². The van der Waals surface area contributed by atoms with E-state index in [4.69, 9.17) is 11.6 Å². The van der Waals surface area contributed by atoms with E-state index in [1.54, 1.807) is 13.8 Å². The summed E-state index contributed by atoms with van der Waals surface area (Å²) >= 11 is 6.19. The van der Waals surface area contributed by atoms with Crippen LogP contribution in [0.1, 0.15) is 43.5 Å². The molecule has 200 valence electrons. The van der Waals surface area contributed by atoms with Crippen LogP contribution >= 0.6 is 11.6 Å². The van der Waals surface area contributed by atoms with Crippen molar-refractivity contribution in [2.45, 2.75) is 48.9 Å². The van der Waals surface area contributed by atoms with Crippen molar-refractivity contribution in [2.24, 2.45) is 17.8 Å². The van der Waals surface area contributed by atoms with Crippen LogP contribution in [0.3, 0.4) is 0 Å². The summed E-state index contributed by atoms with van der Waals surface area (Å²) in [4.78, 5) is 24.3. The summed E-state index contributed by atoms with van der Waals surface area (Å²) < 4.78 is 67.1. The molecule has 0 spiro atoms. The van der Waals surface area contributed by atoms with Crippen LogP contribution in [0.15, 0.2) is 35.2 Å². The highest BCUT2D eigenvalue weighted by molar-refractivity contribution is 7.92. The molecule has 0 aromatic heterocycles. The highest BCUT2D eigenvalue weighted by Gasteiger charge is 2.60. The zero-order valence-corrected chi connectivity index (χ0v) is 21.6. The topological polar surface area (TPSA) is 113 Å². The number of hydrogen-bond acceptors (Lipinski definition) is 5. The highest BCUT2D eigenvalue weighted by atomic mass is 35.5. The van der Waals surface area contributed by atoms with Gasteiger partial charge >= 0.3 is 0 Å². The molecule has 37 heavy (non-hydrogen) atoms. The Morgan fingerprint density at radius 2 is 1.68 bits per heavy atom. The van der Waals surface area contributed by atoms with Crippen molar-refractivity contribution in [3.8, 4) is 0 Å². The maximum Gasteiger partial charge on any atom is 0.255 e. The lowest BCUT2D eigenvalue weighted by molar-refractivity contribution is -0.174. The van der Waals surface area contributed by atoms with E-state index in [1.807, 2.05) is 0 Å². The Balaban J connectivity index is 1.51. The Hall–Kier alpha value is -2.63. The summed E-state index contributed by atoms with van der Waals surface area (Å²) in [5.41, 5.74) is -1.67. The number of benzene rings is 2. The van der Waals surface area contributed by atoms with Crippen LogP contribution < -0.4 is 10.6 Å². The van der Waals surface area contributed by atoms with E-state index in [2.05, 4.69) is 10.6 Å². The van der Waals surface area contributed by atoms with Gasteiger partial charge in [0.15, 0.2) is 27.3 Å². The van der Waals surface area contributed by atoms with Gasteiger partial charge in [-0.15, -0.1) is 0 Å². The Morgan fingerprint density at radius 1 is 1.08 bits per heavy atom. The SMILES string of the molecule is CC(C)C(=O)NC[C@]1(O)C2CC1C[C@@H](S(=O)(=O)c1cc(C(=O)Nc3cc(F)c(F)c(F)c3)ccc1Cl)C2. The lowest BCUT2D eigenvalue weighted by Crippen LogP contribution is -2.66. The summed E-state index contributed by atoms with van der Waals surface area (Å²) in [6.07, 6.45) is 0.961. The van der Waals surface area contributed by atoms with Gasteiger partial charge in [-0.05, 0) is 49.3 Å². The van der Waals surface area contributed by atoms with E-state index < -0.39 is 44.0 Å². The van der Waals surface area contributed by atoms with Gasteiger partial charge in [-0.2, -0.15) is 0 Å². The standard InChI is InChI=1S/C25H26ClF3N2O5S/c1-12(2)23(32)30-11-25(34)14-6-15(25)8-17(7-14)37(35,36)21-5-13(3-4-18(21)26)24(33)31-16-9-19(27)22(29)20(28)10-16/h3-5,9-10,12,14-15,17,34H,6-8,11H2,1-2H3,(H,30,32)(H,31,33)/t14?,15?,17-,25-. The molecule has 2 amide bonds. The molecule has 0 aliphatic heterocycles. The zero-order chi connectivity index (χ0) is 27.3. The van der Waals surface area contributed by atoms with E-state index in [-0.39, 0.29) is 64.2 Å². The summed E-state index contributed by atoms with van der Waals surface area (Å²) in [7, 11) is -4.02. The summed E-state index contributed by atoms with van der Waals surface area (Å²) in [5.74, 6) is -6.64. The monoisotopic (exact) mass is 558 g/mol. The van der Waals surface area contributed by atoms with E-state index in [9.17, 15) is 36.3 Å². The molecule has 0 saturated heterocycles. The van der Waals surface area contributed by atoms with Crippen molar-refractivity contribution >= 4 is 38.9 Å². The number of sulfone groups is 1. The number of halogens is 4. The van der Waals surface area contributed by atoms with Gasteiger partial charge in [0.05, 0.1) is 20.8 Å². The summed E-state index contributed by atoms with van der Waals surface area (Å²) in [5, 5.41) is 15.1. The minimum Gasteiger partial charge on any atom is -0.387 e. The smallest absolute Gasteiger partial charge is 0.255 e. The predicted octanol–water partition coefficient (Wildman–Crippen LogP) is 4.09. The Kier molecular flexibility index (Phi) is 7.35. The molecule has 2 bridgehead atoms. The highest BCUT2D eigenvalue weighted by Crippen LogP contribution is 2.55. The second-order valence-electron chi connectivity index (χ2n) is 9.98. The van der Waals surface area contributed by atoms with Gasteiger partial charge in [-0.3, -0.25) is 9.59 Å². The minimum atomic E-state index is -4.02. The van der Waals surface area contributed by atoms with Crippen molar-refractivity contribution in [1.29, 1.82) is 0 Å². The predicted molar refractivity (Wildman–Crippen MR) is 130 cm³/mol. The Bertz CT molecular complexity index is 1330. The molecule has 2 unspecified atom stereocenters. The van der Waals surface area contributed by atoms with Crippen molar-refractivity contribution in [3.63, 3.8) is 0 Å². The lowest BCUT2D eigenvalue weighted by atomic mass is 9.53. The third-order valence-electron chi connectivity index (χ3n) is 7.33. The molecule has 7 nitrogen and oxygen atoms in total. The van der Waals surface area contributed by atoms with Crippen molar-refractivity contribution in [3.05, 3.63) is 58.4 Å². The maximum atomic E-state index is 13.5. The fraction of sp³-hybridized carbons (Fsp3) is 0.440. The third-order valence-corrected chi connectivity index (χ3v) is 9.98. The van der Waals surface area contributed by atoms with Crippen LogP contribution in [0.2, 0.25) is 5.02 Å². The first kappa shape index (κ1) is 27.4. The average Bonchev–Trinajstić information content (AvgIpc) is 2.85. The van der Waals surface area contributed by atoms with E-state index in [1.165, 1.54) is 12.1 Å². The largest absolute Gasteiger partial charge is 0.387 e. The zero-order valence-electron chi connectivity index (χ0n) is 20.0. The van der Waals surface area contributed by atoms with Gasteiger partial charge in [0, 0.05) is 35.8 Å². The molecular formula is C25H26ClF3N2O5S. The van der Waals surface area contributed by atoms with Crippen LogP contribution in [-0.4, -0.2) is 42.7 Å². The van der Waals surface area contributed by atoms with Gasteiger partial charge in [0.2, 0.25) is 5.91 Å².